The molecule has 2 aromatic carbocycles. The minimum atomic E-state index is -4.75. The molecule has 2 heterocycles. The van der Waals surface area contributed by atoms with Gasteiger partial charge in [-0.3, -0.25) is 4.79 Å². The number of ether oxygens (including phenoxy) is 4. The van der Waals surface area contributed by atoms with Crippen LogP contribution in [0.5, 0.6) is 23.0 Å². The maximum absolute atomic E-state index is 12.9. The van der Waals surface area contributed by atoms with E-state index in [0.717, 1.165) is 25.1 Å². The summed E-state index contributed by atoms with van der Waals surface area (Å²) in [6, 6.07) is 12.8. The second-order valence-corrected chi connectivity index (χ2v) is 9.13. The van der Waals surface area contributed by atoms with Gasteiger partial charge in [-0.15, -0.1) is 13.2 Å². The monoisotopic (exact) mass is 560 g/mol. The van der Waals surface area contributed by atoms with Gasteiger partial charge in [0, 0.05) is 55.4 Å². The maximum atomic E-state index is 12.9. The molecule has 40 heavy (non-hydrogen) atoms. The zero-order valence-corrected chi connectivity index (χ0v) is 22.4. The summed E-state index contributed by atoms with van der Waals surface area (Å²) in [6.45, 7) is 1.52. The minimum Gasteiger partial charge on any atom is -0.493 e. The summed E-state index contributed by atoms with van der Waals surface area (Å²) in [7, 11) is 4.64. The number of aromatic nitrogens is 1. The van der Waals surface area contributed by atoms with Crippen molar-refractivity contribution in [3.8, 4) is 23.0 Å². The zero-order chi connectivity index (χ0) is 28.7. The highest BCUT2D eigenvalue weighted by atomic mass is 19.4. The molecule has 0 saturated carbocycles. The third-order valence-corrected chi connectivity index (χ3v) is 6.46. The van der Waals surface area contributed by atoms with Crippen LogP contribution in [-0.2, 0) is 11.3 Å². The summed E-state index contributed by atoms with van der Waals surface area (Å²) in [4.78, 5) is 19.5. The van der Waals surface area contributed by atoms with Gasteiger partial charge in [-0.05, 0) is 36.6 Å². The normalized spacial score (nSPS) is 15.2. The summed E-state index contributed by atoms with van der Waals surface area (Å²) in [5.74, 6) is 1.47. The minimum absolute atomic E-state index is 0.106. The molecule has 0 radical (unpaired) electrons. The Morgan fingerprint density at radius 1 is 1.02 bits per heavy atom. The highest BCUT2D eigenvalue weighted by Gasteiger charge is 2.31. The van der Waals surface area contributed by atoms with Crippen molar-refractivity contribution in [2.24, 2.45) is 5.92 Å². The zero-order valence-electron chi connectivity index (χ0n) is 22.4. The summed E-state index contributed by atoms with van der Waals surface area (Å²) >= 11 is 0. The molecule has 0 unspecified atom stereocenters. The summed E-state index contributed by atoms with van der Waals surface area (Å²) in [5.41, 5.74) is 2.29. The molecule has 0 spiro atoms. The van der Waals surface area contributed by atoms with Gasteiger partial charge in [0.25, 0.3) is 0 Å². The van der Waals surface area contributed by atoms with Crippen LogP contribution in [0.4, 0.5) is 30.4 Å². The van der Waals surface area contributed by atoms with Crippen molar-refractivity contribution in [2.75, 3.05) is 44.6 Å². The number of amides is 1. The van der Waals surface area contributed by atoms with Gasteiger partial charge in [0.15, 0.2) is 11.5 Å². The Balaban J connectivity index is 1.37. The van der Waals surface area contributed by atoms with Crippen LogP contribution in [0.2, 0.25) is 0 Å². The van der Waals surface area contributed by atoms with Crippen molar-refractivity contribution in [2.45, 2.75) is 25.7 Å². The molecule has 0 aliphatic carbocycles. The van der Waals surface area contributed by atoms with E-state index in [9.17, 15) is 18.0 Å². The Kier molecular flexibility index (Phi) is 9.08. The Hall–Kier alpha value is -4.35. The molecule has 1 amide bonds. The number of rotatable bonds is 10. The number of methoxy groups -OCH3 is 3. The lowest BCUT2D eigenvalue weighted by atomic mass is 9.96. The lowest BCUT2D eigenvalue weighted by Crippen LogP contribution is -2.43. The van der Waals surface area contributed by atoms with Gasteiger partial charge >= 0.3 is 6.36 Å². The summed E-state index contributed by atoms with van der Waals surface area (Å²) in [5, 5.41) is 6.17. The smallest absolute Gasteiger partial charge is 0.493 e. The van der Waals surface area contributed by atoms with Gasteiger partial charge in [-0.25, -0.2) is 4.98 Å². The molecule has 4 rings (SSSR count). The fraction of sp³-hybridized carbons (Fsp3) is 0.357. The highest BCUT2D eigenvalue weighted by Crippen LogP contribution is 2.40. The average Bonchev–Trinajstić information content (AvgIpc) is 2.95. The van der Waals surface area contributed by atoms with Crippen LogP contribution in [0.3, 0.4) is 0 Å². The number of nitrogens with one attached hydrogen (secondary N) is 2. The molecule has 1 fully saturated rings. The standard InChI is InChI=1S/C28H31F3N4O5/c1-37-23-13-20(14-24(38-2)26(23)39-3)34-25-15-21(10-11-32-25)35-12-4-5-19(17-35)27(36)33-16-18-6-8-22(9-7-18)40-28(29,30)31/h6-11,13-15,19H,4-5,12,16-17H2,1-3H3,(H,32,34)(H,33,36)/t19-/m1/s1. The molecule has 1 saturated heterocycles. The molecular weight excluding hydrogens is 529 g/mol. The number of hydrogen-bond acceptors (Lipinski definition) is 8. The fourth-order valence-electron chi connectivity index (χ4n) is 4.55. The number of anilines is 3. The van der Waals surface area contributed by atoms with Gasteiger partial charge in [0.05, 0.1) is 27.2 Å². The first-order chi connectivity index (χ1) is 19.2. The number of hydrogen-bond donors (Lipinski definition) is 2. The molecule has 214 valence electrons. The van der Waals surface area contributed by atoms with Gasteiger partial charge in [-0.2, -0.15) is 0 Å². The van der Waals surface area contributed by atoms with Crippen LogP contribution < -0.4 is 34.5 Å². The predicted octanol–water partition coefficient (Wildman–Crippen LogP) is 5.28. The number of piperidine rings is 1. The van der Waals surface area contributed by atoms with E-state index in [0.29, 0.717) is 40.9 Å². The van der Waals surface area contributed by atoms with Crippen LogP contribution in [0.1, 0.15) is 18.4 Å². The van der Waals surface area contributed by atoms with Crippen LogP contribution in [0.25, 0.3) is 0 Å². The molecule has 0 bridgehead atoms. The van der Waals surface area contributed by atoms with Gasteiger partial charge in [0.2, 0.25) is 11.7 Å². The van der Waals surface area contributed by atoms with E-state index in [1.807, 2.05) is 12.1 Å². The maximum Gasteiger partial charge on any atom is 0.573 e. The van der Waals surface area contributed by atoms with Crippen molar-refractivity contribution in [3.63, 3.8) is 0 Å². The Morgan fingerprint density at radius 2 is 1.73 bits per heavy atom. The lowest BCUT2D eigenvalue weighted by Gasteiger charge is -2.33. The molecule has 3 aromatic rings. The number of carbonyl (C=O) groups excluding carboxylic acids is 1. The SMILES string of the molecule is COc1cc(Nc2cc(N3CCC[C@@H](C(=O)NCc4ccc(OC(F)(F)F)cc4)C3)ccn2)cc(OC)c1OC. The van der Waals surface area contributed by atoms with Crippen LogP contribution >= 0.6 is 0 Å². The van der Waals surface area contributed by atoms with E-state index in [2.05, 4.69) is 25.3 Å². The third-order valence-electron chi connectivity index (χ3n) is 6.46. The Labute approximate surface area is 230 Å². The van der Waals surface area contributed by atoms with Gasteiger partial charge in [0.1, 0.15) is 11.6 Å². The van der Waals surface area contributed by atoms with Crippen LogP contribution in [0.15, 0.2) is 54.7 Å². The molecule has 12 heteroatoms. The van der Waals surface area contributed by atoms with Gasteiger partial charge in [-0.1, -0.05) is 12.1 Å². The third kappa shape index (κ3) is 7.39. The van der Waals surface area contributed by atoms with E-state index in [1.165, 1.54) is 24.3 Å². The topological polar surface area (TPSA) is 94.2 Å². The lowest BCUT2D eigenvalue weighted by molar-refractivity contribution is -0.274. The number of halogens is 3. The van der Waals surface area contributed by atoms with Gasteiger partial charge < -0.3 is 34.5 Å². The van der Waals surface area contributed by atoms with Crippen LogP contribution in [-0.4, -0.2) is 51.7 Å². The Morgan fingerprint density at radius 3 is 2.35 bits per heavy atom. The molecule has 1 aliphatic heterocycles. The van der Waals surface area contributed by atoms with E-state index in [-0.39, 0.29) is 24.1 Å². The quantitative estimate of drug-likeness (QED) is 0.346. The second-order valence-electron chi connectivity index (χ2n) is 9.13. The van der Waals surface area contributed by atoms with E-state index < -0.39 is 6.36 Å². The number of benzene rings is 2. The van der Waals surface area contributed by atoms with Crippen LogP contribution in [0, 0.1) is 5.92 Å². The molecule has 2 N–H and O–H groups in total. The largest absolute Gasteiger partial charge is 0.573 e. The number of pyridine rings is 1. The van der Waals surface area contributed by atoms with E-state index in [1.54, 1.807) is 39.7 Å². The van der Waals surface area contributed by atoms with E-state index in [4.69, 9.17) is 14.2 Å². The van der Waals surface area contributed by atoms with Crippen molar-refractivity contribution in [3.05, 3.63) is 60.3 Å². The van der Waals surface area contributed by atoms with Crippen molar-refractivity contribution in [1.29, 1.82) is 0 Å². The second kappa shape index (κ2) is 12.7. The van der Waals surface area contributed by atoms with Crippen molar-refractivity contribution in [1.82, 2.24) is 10.3 Å². The summed E-state index contributed by atoms with van der Waals surface area (Å²) in [6.07, 6.45) is -1.47. The van der Waals surface area contributed by atoms with Crippen molar-refractivity contribution >= 4 is 23.1 Å². The van der Waals surface area contributed by atoms with E-state index >= 15 is 0 Å². The number of alkyl halides is 3. The number of carbonyl (C=O) groups is 1. The fourth-order valence-corrected chi connectivity index (χ4v) is 4.55. The first-order valence-corrected chi connectivity index (χ1v) is 12.6. The molecule has 1 atom stereocenters. The molecular formula is C28H31F3N4O5. The first kappa shape index (κ1) is 28.7. The average molecular weight is 561 g/mol. The molecule has 9 nitrogen and oxygen atoms in total. The highest BCUT2D eigenvalue weighted by molar-refractivity contribution is 5.79. The predicted molar refractivity (Wildman–Crippen MR) is 144 cm³/mol. The van der Waals surface area contributed by atoms with Crippen molar-refractivity contribution < 1.29 is 36.9 Å². The number of nitrogens with zero attached hydrogens (tertiary/aromatic N) is 2. The summed E-state index contributed by atoms with van der Waals surface area (Å²) < 4.78 is 57.2. The molecule has 1 aromatic heterocycles. The first-order valence-electron chi connectivity index (χ1n) is 12.6. The molecule has 1 aliphatic rings. The Bertz CT molecular complexity index is 1280.